The van der Waals surface area contributed by atoms with Gasteiger partial charge in [-0.15, -0.1) is 0 Å². The van der Waals surface area contributed by atoms with Gasteiger partial charge in [0.1, 0.15) is 11.9 Å². The molecule has 2 heterocycles. The largest absolute Gasteiger partial charge is 0.467 e. The van der Waals surface area contributed by atoms with Gasteiger partial charge < -0.3 is 23.8 Å². The molecule has 0 N–H and O–H groups in total. The maximum absolute atomic E-state index is 6.63. The molecule has 0 spiro atoms. The molecule has 3 rings (SSSR count). The lowest BCUT2D eigenvalue weighted by Crippen LogP contribution is -2.35. The Morgan fingerprint density at radius 3 is 2.65 bits per heavy atom. The van der Waals surface area contributed by atoms with Crippen LogP contribution in [0.15, 0.2) is 12.1 Å². The highest BCUT2D eigenvalue weighted by molar-refractivity contribution is 7.80. The van der Waals surface area contributed by atoms with Gasteiger partial charge in [0, 0.05) is 45.7 Å². The number of hydrogen-bond acceptors (Lipinski definition) is 5. The number of halogens is 2. The summed E-state index contributed by atoms with van der Waals surface area (Å²) >= 11 is 18.6. The summed E-state index contributed by atoms with van der Waals surface area (Å²) in [6, 6.07) is 4.73. The van der Waals surface area contributed by atoms with E-state index in [4.69, 9.17) is 54.4 Å². The molecule has 2 saturated heterocycles. The average molecular weight is 507 g/mol. The van der Waals surface area contributed by atoms with Gasteiger partial charge in [-0.05, 0) is 32.0 Å². The zero-order valence-corrected chi connectivity index (χ0v) is 22.3. The molecule has 2 aliphatic rings. The molecule has 0 saturated carbocycles. The molecule has 2 atom stereocenters. The zero-order valence-electron chi connectivity index (χ0n) is 19.0. The Morgan fingerprint density at radius 1 is 1.26 bits per heavy atom. The van der Waals surface area contributed by atoms with E-state index in [-0.39, 0.29) is 18.8 Å². The van der Waals surface area contributed by atoms with Gasteiger partial charge in [-0.2, -0.15) is 0 Å². The Morgan fingerprint density at radius 2 is 2.00 bits per heavy atom. The Labute approximate surface area is 202 Å². The third-order valence-corrected chi connectivity index (χ3v) is 8.45. The fourth-order valence-corrected chi connectivity index (χ4v) is 5.42. The van der Waals surface area contributed by atoms with E-state index in [1.165, 1.54) is 0 Å². The molecule has 0 radical (unpaired) electrons. The van der Waals surface area contributed by atoms with Crippen LogP contribution < -0.4 is 4.74 Å². The van der Waals surface area contributed by atoms with Crippen LogP contribution in [0.25, 0.3) is 0 Å². The second kappa shape index (κ2) is 10.2. The maximum atomic E-state index is 6.63. The number of benzene rings is 1. The fraction of sp³-hybridized carbons (Fsp3) is 0.682. The predicted octanol–water partition coefficient (Wildman–Crippen LogP) is 5.95. The van der Waals surface area contributed by atoms with Gasteiger partial charge in [0.2, 0.25) is 0 Å². The van der Waals surface area contributed by atoms with E-state index >= 15 is 0 Å². The normalized spacial score (nSPS) is 23.6. The van der Waals surface area contributed by atoms with Crippen LogP contribution >= 0.6 is 35.4 Å². The summed E-state index contributed by atoms with van der Waals surface area (Å²) < 4.78 is 23.3. The molecular formula is C22H33Cl2NO4SSi. The van der Waals surface area contributed by atoms with Gasteiger partial charge >= 0.3 is 0 Å². The number of hydrogen-bond donors (Lipinski definition) is 0. The Balaban J connectivity index is 1.64. The van der Waals surface area contributed by atoms with E-state index in [0.29, 0.717) is 35.6 Å². The third kappa shape index (κ3) is 7.03. The summed E-state index contributed by atoms with van der Waals surface area (Å²) in [5.41, 5.74) is 0.900. The number of ether oxygens (including phenoxy) is 4. The van der Waals surface area contributed by atoms with Crippen LogP contribution in [-0.4, -0.2) is 62.9 Å². The molecule has 0 amide bonds. The van der Waals surface area contributed by atoms with Gasteiger partial charge in [-0.3, -0.25) is 0 Å². The van der Waals surface area contributed by atoms with E-state index in [1.807, 2.05) is 19.9 Å². The van der Waals surface area contributed by atoms with Gasteiger partial charge in [0.15, 0.2) is 12.6 Å². The van der Waals surface area contributed by atoms with Crippen LogP contribution in [0.2, 0.25) is 35.7 Å². The summed E-state index contributed by atoms with van der Waals surface area (Å²) in [5.74, 6) is 0.266. The predicted molar refractivity (Wildman–Crippen MR) is 132 cm³/mol. The summed E-state index contributed by atoms with van der Waals surface area (Å²) in [4.78, 5) is 3.08. The number of likely N-dealkylation sites (tertiary alicyclic amines) is 1. The standard InChI is InChI=1S/C22H33Cl2NO4SSi/c1-22(2)28-13-16(29-22)12-25-11-15(10-19(25)30)20-18(7-6-17(23)21(20)24)27-14-26-8-9-31(3,4)5/h6-7,15-16H,8-14H2,1-5H3/t15-,16-/m0/s1. The molecule has 174 valence electrons. The van der Waals surface area contributed by atoms with Crippen LogP contribution in [0.4, 0.5) is 0 Å². The van der Waals surface area contributed by atoms with Crippen molar-refractivity contribution < 1.29 is 18.9 Å². The SMILES string of the molecule is CC1(C)OC[C@H](CN2C[C@@H](c3c(OCOCC[Si](C)(C)C)ccc(Cl)c3Cl)CC2=S)O1. The van der Waals surface area contributed by atoms with Gasteiger partial charge in [0.05, 0.1) is 21.6 Å². The zero-order chi connectivity index (χ0) is 22.8. The quantitative estimate of drug-likeness (QED) is 0.178. The van der Waals surface area contributed by atoms with E-state index in [2.05, 4.69) is 24.5 Å². The molecular weight excluding hydrogens is 473 g/mol. The third-order valence-electron chi connectivity index (χ3n) is 5.50. The first-order valence-electron chi connectivity index (χ1n) is 10.7. The van der Waals surface area contributed by atoms with Crippen LogP contribution in [0, 0.1) is 0 Å². The minimum Gasteiger partial charge on any atom is -0.467 e. The summed E-state index contributed by atoms with van der Waals surface area (Å²) in [6.45, 7) is 13.7. The van der Waals surface area contributed by atoms with Crippen LogP contribution in [0.5, 0.6) is 5.75 Å². The van der Waals surface area contributed by atoms with Gasteiger partial charge in [-0.1, -0.05) is 55.1 Å². The first-order valence-corrected chi connectivity index (χ1v) is 15.6. The molecule has 0 aliphatic carbocycles. The van der Waals surface area contributed by atoms with Crippen molar-refractivity contribution in [3.05, 3.63) is 27.7 Å². The van der Waals surface area contributed by atoms with E-state index < -0.39 is 13.9 Å². The maximum Gasteiger partial charge on any atom is 0.189 e. The van der Waals surface area contributed by atoms with Crippen molar-refractivity contribution in [2.45, 2.75) is 63.8 Å². The van der Waals surface area contributed by atoms with E-state index in [0.717, 1.165) is 29.6 Å². The molecule has 2 fully saturated rings. The second-order valence-corrected chi connectivity index (χ2v) is 16.8. The monoisotopic (exact) mass is 505 g/mol. The van der Waals surface area contributed by atoms with Crippen molar-refractivity contribution in [3.63, 3.8) is 0 Å². The molecule has 1 aromatic rings. The molecule has 2 aliphatic heterocycles. The Bertz CT molecular complexity index is 802. The van der Waals surface area contributed by atoms with E-state index in [9.17, 15) is 0 Å². The van der Waals surface area contributed by atoms with Crippen molar-refractivity contribution in [1.82, 2.24) is 4.90 Å². The van der Waals surface area contributed by atoms with Gasteiger partial charge in [0.25, 0.3) is 0 Å². The molecule has 0 aromatic heterocycles. The Hall–Kier alpha value is -0.413. The second-order valence-electron chi connectivity index (χ2n) is 9.90. The van der Waals surface area contributed by atoms with Gasteiger partial charge in [-0.25, -0.2) is 0 Å². The number of rotatable bonds is 9. The summed E-state index contributed by atoms with van der Waals surface area (Å²) in [6.07, 6.45) is 0.719. The lowest BCUT2D eigenvalue weighted by atomic mass is 9.97. The van der Waals surface area contributed by atoms with Crippen molar-refractivity contribution >= 4 is 48.5 Å². The molecule has 5 nitrogen and oxygen atoms in total. The number of nitrogens with zero attached hydrogens (tertiary/aromatic N) is 1. The number of thiocarbonyl (C=S) groups is 1. The minimum absolute atomic E-state index is 0.00276. The highest BCUT2D eigenvalue weighted by Gasteiger charge is 2.37. The lowest BCUT2D eigenvalue weighted by molar-refractivity contribution is -0.139. The van der Waals surface area contributed by atoms with Crippen molar-refractivity contribution in [1.29, 1.82) is 0 Å². The Kier molecular flexibility index (Phi) is 8.33. The van der Waals surface area contributed by atoms with Crippen LogP contribution in [0.3, 0.4) is 0 Å². The van der Waals surface area contributed by atoms with E-state index in [1.54, 1.807) is 6.07 Å². The van der Waals surface area contributed by atoms with Crippen molar-refractivity contribution in [3.8, 4) is 5.75 Å². The van der Waals surface area contributed by atoms with Crippen molar-refractivity contribution in [2.75, 3.05) is 33.1 Å². The lowest BCUT2D eigenvalue weighted by Gasteiger charge is -2.24. The first-order chi connectivity index (χ1) is 14.5. The molecule has 0 bridgehead atoms. The minimum atomic E-state index is -1.13. The fourth-order valence-electron chi connectivity index (χ4n) is 3.84. The highest BCUT2D eigenvalue weighted by atomic mass is 35.5. The average Bonchev–Trinajstić information content (AvgIpc) is 3.18. The van der Waals surface area contributed by atoms with Crippen molar-refractivity contribution in [2.24, 2.45) is 0 Å². The van der Waals surface area contributed by atoms with Crippen LogP contribution in [-0.2, 0) is 14.2 Å². The highest BCUT2D eigenvalue weighted by Crippen LogP contribution is 2.42. The summed E-state index contributed by atoms with van der Waals surface area (Å²) in [5, 5.41) is 1.04. The molecule has 1 aromatic carbocycles. The first kappa shape index (κ1) is 25.2. The smallest absolute Gasteiger partial charge is 0.189 e. The summed E-state index contributed by atoms with van der Waals surface area (Å²) in [7, 11) is -1.13. The topological polar surface area (TPSA) is 40.2 Å². The molecule has 31 heavy (non-hydrogen) atoms. The molecule has 0 unspecified atom stereocenters. The van der Waals surface area contributed by atoms with Crippen LogP contribution in [0.1, 0.15) is 31.7 Å². The molecule has 9 heteroatoms.